The van der Waals surface area contributed by atoms with Crippen LogP contribution in [0, 0.1) is 0 Å². The van der Waals surface area contributed by atoms with Crippen LogP contribution in [0.15, 0.2) is 30.3 Å². The molecule has 7 heteroatoms. The second-order valence-electron chi connectivity index (χ2n) is 4.81. The van der Waals surface area contributed by atoms with Gasteiger partial charge in [0, 0.05) is 4.88 Å². The molecule has 5 nitrogen and oxygen atoms in total. The molecule has 1 aromatic heterocycles. The Morgan fingerprint density at radius 2 is 2.00 bits per heavy atom. The van der Waals surface area contributed by atoms with Crippen LogP contribution in [0.3, 0.4) is 0 Å². The highest BCUT2D eigenvalue weighted by Gasteiger charge is 2.17. The van der Waals surface area contributed by atoms with Crippen molar-refractivity contribution in [3.05, 3.63) is 40.8 Å². The predicted octanol–water partition coefficient (Wildman–Crippen LogP) is 4.30. The van der Waals surface area contributed by atoms with Gasteiger partial charge in [-0.05, 0) is 43.8 Å². The Labute approximate surface area is 151 Å². The van der Waals surface area contributed by atoms with Crippen LogP contribution < -0.4 is 15.4 Å². The number of hydrogen-bond donors (Lipinski definition) is 2. The number of thiocarbonyl (C=S) groups is 1. The van der Waals surface area contributed by atoms with Gasteiger partial charge in [-0.3, -0.25) is 0 Å². The van der Waals surface area contributed by atoms with Crippen LogP contribution in [0.5, 0.6) is 5.75 Å². The van der Waals surface area contributed by atoms with Gasteiger partial charge >= 0.3 is 5.97 Å². The fourth-order valence-electron chi connectivity index (χ4n) is 2.08. The molecule has 0 saturated heterocycles. The average molecular weight is 364 g/mol. The Kier molecular flexibility index (Phi) is 6.57. The van der Waals surface area contributed by atoms with E-state index in [0.717, 1.165) is 22.7 Å². The number of para-hydroxylation sites is 2. The van der Waals surface area contributed by atoms with E-state index in [4.69, 9.17) is 21.7 Å². The number of esters is 1. The van der Waals surface area contributed by atoms with Crippen LogP contribution in [0.4, 0.5) is 10.7 Å². The van der Waals surface area contributed by atoms with Crippen molar-refractivity contribution in [3.63, 3.8) is 0 Å². The molecule has 0 amide bonds. The van der Waals surface area contributed by atoms with Gasteiger partial charge < -0.3 is 20.1 Å². The lowest BCUT2D eigenvalue weighted by atomic mass is 10.2. The number of carbonyl (C=O) groups excluding carboxylic acids is 1. The highest BCUT2D eigenvalue weighted by molar-refractivity contribution is 7.80. The molecule has 0 atom stereocenters. The largest absolute Gasteiger partial charge is 0.492 e. The molecule has 0 aliphatic heterocycles. The minimum Gasteiger partial charge on any atom is -0.492 e. The molecule has 128 valence electrons. The van der Waals surface area contributed by atoms with E-state index in [-0.39, 0.29) is 5.97 Å². The van der Waals surface area contributed by atoms with Gasteiger partial charge in [0.25, 0.3) is 0 Å². The van der Waals surface area contributed by atoms with Crippen molar-refractivity contribution in [3.8, 4) is 5.75 Å². The standard InChI is InChI=1S/C17H20N2O3S2/c1-4-11-10-12(16(20)21-3)15(24-11)19-17(23)18-13-8-6-7-9-14(13)22-5-2/h6-10H,4-5H2,1-3H3,(H2,18,19,23). The topological polar surface area (TPSA) is 59.6 Å². The van der Waals surface area contributed by atoms with Crippen molar-refractivity contribution in [2.45, 2.75) is 20.3 Å². The Bertz CT molecular complexity index is 728. The summed E-state index contributed by atoms with van der Waals surface area (Å²) in [5.74, 6) is 0.337. The number of thiophene rings is 1. The SMILES string of the molecule is CCOc1ccccc1NC(=S)Nc1sc(CC)cc1C(=O)OC. The van der Waals surface area contributed by atoms with Gasteiger partial charge in [-0.1, -0.05) is 19.1 Å². The summed E-state index contributed by atoms with van der Waals surface area (Å²) in [5, 5.41) is 7.24. The third kappa shape index (κ3) is 4.46. The lowest BCUT2D eigenvalue weighted by molar-refractivity contribution is 0.0602. The number of rotatable bonds is 6. The Morgan fingerprint density at radius 3 is 2.67 bits per heavy atom. The lowest BCUT2D eigenvalue weighted by Gasteiger charge is -2.14. The fraction of sp³-hybridized carbons (Fsp3) is 0.294. The monoisotopic (exact) mass is 364 g/mol. The number of nitrogens with one attached hydrogen (secondary N) is 2. The maximum absolute atomic E-state index is 11.9. The molecule has 0 spiro atoms. The highest BCUT2D eigenvalue weighted by Crippen LogP contribution is 2.30. The number of hydrogen-bond acceptors (Lipinski definition) is 5. The van der Waals surface area contributed by atoms with E-state index in [9.17, 15) is 4.79 Å². The van der Waals surface area contributed by atoms with Crippen LogP contribution in [-0.2, 0) is 11.2 Å². The van der Waals surface area contributed by atoms with E-state index in [1.807, 2.05) is 44.2 Å². The summed E-state index contributed by atoms with van der Waals surface area (Å²) in [6, 6.07) is 9.37. The summed E-state index contributed by atoms with van der Waals surface area (Å²) in [6.07, 6.45) is 0.837. The summed E-state index contributed by atoms with van der Waals surface area (Å²) >= 11 is 6.85. The number of benzene rings is 1. The molecule has 0 unspecified atom stereocenters. The molecule has 0 aliphatic rings. The first-order valence-electron chi connectivity index (χ1n) is 7.59. The molecule has 0 bridgehead atoms. The normalized spacial score (nSPS) is 10.1. The van der Waals surface area contributed by atoms with E-state index in [1.54, 1.807) is 0 Å². The molecule has 0 fully saturated rings. The zero-order valence-electron chi connectivity index (χ0n) is 13.8. The third-order valence-electron chi connectivity index (χ3n) is 3.20. The first-order valence-corrected chi connectivity index (χ1v) is 8.82. The van der Waals surface area contributed by atoms with Gasteiger partial charge in [0.15, 0.2) is 5.11 Å². The molecule has 0 saturated carbocycles. The third-order valence-corrected chi connectivity index (χ3v) is 4.60. The first kappa shape index (κ1) is 18.2. The number of anilines is 2. The fourth-order valence-corrected chi connectivity index (χ4v) is 3.34. The zero-order valence-corrected chi connectivity index (χ0v) is 15.5. The number of ether oxygens (including phenoxy) is 2. The van der Waals surface area contributed by atoms with E-state index < -0.39 is 0 Å². The molecule has 24 heavy (non-hydrogen) atoms. The van der Waals surface area contributed by atoms with Crippen LogP contribution in [0.1, 0.15) is 29.1 Å². The van der Waals surface area contributed by atoms with Crippen molar-refractivity contribution in [2.24, 2.45) is 0 Å². The van der Waals surface area contributed by atoms with E-state index >= 15 is 0 Å². The molecule has 2 aromatic rings. The lowest BCUT2D eigenvalue weighted by Crippen LogP contribution is -2.20. The van der Waals surface area contributed by atoms with Gasteiger partial charge in [-0.15, -0.1) is 11.3 Å². The van der Waals surface area contributed by atoms with E-state index in [2.05, 4.69) is 10.6 Å². The van der Waals surface area contributed by atoms with E-state index in [1.165, 1.54) is 18.4 Å². The van der Waals surface area contributed by atoms with Gasteiger partial charge in [-0.2, -0.15) is 0 Å². The first-order chi connectivity index (χ1) is 11.6. The van der Waals surface area contributed by atoms with Crippen molar-refractivity contribution in [1.82, 2.24) is 0 Å². The Balaban J connectivity index is 2.16. The quantitative estimate of drug-likeness (QED) is 0.588. The summed E-state index contributed by atoms with van der Waals surface area (Å²) < 4.78 is 10.4. The molecule has 0 aliphatic carbocycles. The highest BCUT2D eigenvalue weighted by atomic mass is 32.1. The summed E-state index contributed by atoms with van der Waals surface area (Å²) in [6.45, 7) is 4.52. The minimum absolute atomic E-state index is 0.383. The summed E-state index contributed by atoms with van der Waals surface area (Å²) in [4.78, 5) is 13.0. The second kappa shape index (κ2) is 8.65. The van der Waals surface area contributed by atoms with Crippen LogP contribution in [0.25, 0.3) is 0 Å². The van der Waals surface area contributed by atoms with Crippen LogP contribution >= 0.6 is 23.6 Å². The summed E-state index contributed by atoms with van der Waals surface area (Å²) in [5.41, 5.74) is 1.25. The molecule has 2 N–H and O–H groups in total. The molecule has 1 heterocycles. The minimum atomic E-state index is -0.383. The molecular weight excluding hydrogens is 344 g/mol. The van der Waals surface area contributed by atoms with Gasteiger partial charge in [0.05, 0.1) is 25.0 Å². The van der Waals surface area contributed by atoms with Gasteiger partial charge in [0.2, 0.25) is 0 Å². The number of methoxy groups -OCH3 is 1. The molecular formula is C17H20N2O3S2. The zero-order chi connectivity index (χ0) is 17.5. The molecule has 1 aromatic carbocycles. The average Bonchev–Trinajstić information content (AvgIpc) is 2.99. The van der Waals surface area contributed by atoms with Gasteiger partial charge in [0.1, 0.15) is 10.8 Å². The molecule has 0 radical (unpaired) electrons. The maximum Gasteiger partial charge on any atom is 0.340 e. The Hall–Kier alpha value is -2.12. The molecule has 2 rings (SSSR count). The van der Waals surface area contributed by atoms with Gasteiger partial charge in [-0.25, -0.2) is 4.79 Å². The van der Waals surface area contributed by atoms with Crippen LogP contribution in [-0.4, -0.2) is 24.8 Å². The van der Waals surface area contributed by atoms with Crippen molar-refractivity contribution < 1.29 is 14.3 Å². The van der Waals surface area contributed by atoms with Crippen molar-refractivity contribution >= 4 is 45.3 Å². The number of carbonyl (C=O) groups is 1. The van der Waals surface area contributed by atoms with Crippen molar-refractivity contribution in [1.29, 1.82) is 0 Å². The van der Waals surface area contributed by atoms with E-state index in [0.29, 0.717) is 22.3 Å². The second-order valence-corrected chi connectivity index (χ2v) is 6.35. The maximum atomic E-state index is 11.9. The summed E-state index contributed by atoms with van der Waals surface area (Å²) in [7, 11) is 1.37. The number of aryl methyl sites for hydroxylation is 1. The van der Waals surface area contributed by atoms with Crippen LogP contribution in [0.2, 0.25) is 0 Å². The predicted molar refractivity (Wildman–Crippen MR) is 102 cm³/mol. The van der Waals surface area contributed by atoms with Crippen molar-refractivity contribution in [2.75, 3.05) is 24.4 Å². The smallest absolute Gasteiger partial charge is 0.340 e. The Morgan fingerprint density at radius 1 is 1.25 bits per heavy atom.